The highest BCUT2D eigenvalue weighted by Gasteiger charge is 2.38. The number of nitrogens with zero attached hydrogens (tertiary/aromatic N) is 1. The van der Waals surface area contributed by atoms with Crippen LogP contribution in [0.3, 0.4) is 0 Å². The van der Waals surface area contributed by atoms with Crippen LogP contribution in [-0.4, -0.2) is 22.5 Å². The lowest BCUT2D eigenvalue weighted by molar-refractivity contribution is -0.126. The second-order valence-electron chi connectivity index (χ2n) is 4.87. The van der Waals surface area contributed by atoms with Gasteiger partial charge in [0.2, 0.25) is 5.91 Å². The normalized spacial score (nSPS) is 18.3. The second kappa shape index (κ2) is 5.35. The topological polar surface area (TPSA) is 88.2 Å². The van der Waals surface area contributed by atoms with Crippen molar-refractivity contribution in [2.24, 2.45) is 11.1 Å². The molecular weight excluding hydrogens is 230 g/mol. The quantitative estimate of drug-likeness (QED) is 0.759. The Morgan fingerprint density at radius 2 is 2.17 bits per heavy atom. The Bertz CT molecular complexity index is 428. The van der Waals surface area contributed by atoms with E-state index in [0.717, 1.165) is 32.1 Å². The lowest BCUT2D eigenvalue weighted by atomic mass is 9.73. The highest BCUT2D eigenvalue weighted by Crippen LogP contribution is 2.36. The summed E-state index contributed by atoms with van der Waals surface area (Å²) in [7, 11) is 0. The Labute approximate surface area is 106 Å². The van der Waals surface area contributed by atoms with Gasteiger partial charge in [-0.05, 0) is 25.0 Å². The fraction of sp³-hybridized carbons (Fsp3) is 0.538. The van der Waals surface area contributed by atoms with Gasteiger partial charge >= 0.3 is 0 Å². The zero-order chi connectivity index (χ0) is 13.0. The predicted octanol–water partition coefficient (Wildman–Crippen LogP) is 1.63. The standard InChI is InChI=1S/C13H19N3O2/c14-9-13(6-2-1-3-7-13)12(18)16-11-10(17)5-4-8-15-11/h4-5,8,17H,1-3,6-7,9,14H2,(H,15,16,18). The van der Waals surface area contributed by atoms with Crippen molar-refractivity contribution >= 4 is 11.7 Å². The van der Waals surface area contributed by atoms with E-state index in [2.05, 4.69) is 10.3 Å². The zero-order valence-corrected chi connectivity index (χ0v) is 10.4. The number of carbonyl (C=O) groups is 1. The monoisotopic (exact) mass is 249 g/mol. The van der Waals surface area contributed by atoms with Crippen LogP contribution in [0.5, 0.6) is 5.75 Å². The first-order chi connectivity index (χ1) is 8.68. The van der Waals surface area contributed by atoms with Gasteiger partial charge in [0.1, 0.15) is 0 Å². The molecule has 0 aliphatic heterocycles. The molecule has 0 aromatic carbocycles. The van der Waals surface area contributed by atoms with Gasteiger partial charge in [0.15, 0.2) is 11.6 Å². The van der Waals surface area contributed by atoms with Crippen molar-refractivity contribution in [3.8, 4) is 5.75 Å². The molecular formula is C13H19N3O2. The lowest BCUT2D eigenvalue weighted by Crippen LogP contribution is -2.44. The predicted molar refractivity (Wildman–Crippen MR) is 69.1 cm³/mol. The van der Waals surface area contributed by atoms with Gasteiger partial charge in [-0.2, -0.15) is 0 Å². The Kier molecular flexibility index (Phi) is 3.81. The van der Waals surface area contributed by atoms with Gasteiger partial charge in [0, 0.05) is 12.7 Å². The zero-order valence-electron chi connectivity index (χ0n) is 10.4. The summed E-state index contributed by atoms with van der Waals surface area (Å²) >= 11 is 0. The molecule has 0 saturated heterocycles. The molecule has 1 fully saturated rings. The molecule has 5 heteroatoms. The molecule has 1 aliphatic rings. The van der Waals surface area contributed by atoms with Gasteiger partial charge in [-0.25, -0.2) is 4.98 Å². The SMILES string of the molecule is NCC1(C(=O)Nc2ncccc2O)CCCCC1. The van der Waals surface area contributed by atoms with Crippen LogP contribution in [0.1, 0.15) is 32.1 Å². The van der Waals surface area contributed by atoms with Crippen LogP contribution in [0.15, 0.2) is 18.3 Å². The number of nitrogens with one attached hydrogen (secondary N) is 1. The van der Waals surface area contributed by atoms with E-state index in [-0.39, 0.29) is 17.5 Å². The molecule has 4 N–H and O–H groups in total. The minimum atomic E-state index is -0.498. The number of rotatable bonds is 3. The van der Waals surface area contributed by atoms with Crippen LogP contribution in [-0.2, 0) is 4.79 Å². The summed E-state index contributed by atoms with van der Waals surface area (Å²) in [6.45, 7) is 0.340. The first-order valence-electron chi connectivity index (χ1n) is 6.33. The van der Waals surface area contributed by atoms with Crippen LogP contribution in [0.2, 0.25) is 0 Å². The molecule has 98 valence electrons. The van der Waals surface area contributed by atoms with Crippen molar-refractivity contribution in [1.29, 1.82) is 0 Å². The van der Waals surface area contributed by atoms with E-state index in [1.165, 1.54) is 12.3 Å². The van der Waals surface area contributed by atoms with Gasteiger partial charge in [-0.15, -0.1) is 0 Å². The molecule has 2 rings (SSSR count). The first-order valence-corrected chi connectivity index (χ1v) is 6.33. The average molecular weight is 249 g/mol. The highest BCUT2D eigenvalue weighted by molar-refractivity contribution is 5.95. The van der Waals surface area contributed by atoms with Crippen LogP contribution in [0.25, 0.3) is 0 Å². The van der Waals surface area contributed by atoms with Crippen molar-refractivity contribution in [2.75, 3.05) is 11.9 Å². The average Bonchev–Trinajstić information content (AvgIpc) is 2.42. The molecule has 1 aromatic rings. The number of hydrogen-bond donors (Lipinski definition) is 3. The maximum absolute atomic E-state index is 12.3. The summed E-state index contributed by atoms with van der Waals surface area (Å²) in [6, 6.07) is 3.11. The van der Waals surface area contributed by atoms with Crippen LogP contribution in [0.4, 0.5) is 5.82 Å². The van der Waals surface area contributed by atoms with E-state index in [1.807, 2.05) is 0 Å². The molecule has 1 aliphatic carbocycles. The van der Waals surface area contributed by atoms with Gasteiger partial charge in [-0.1, -0.05) is 19.3 Å². The molecule has 1 heterocycles. The first kappa shape index (κ1) is 12.8. The largest absolute Gasteiger partial charge is 0.504 e. The fourth-order valence-electron chi connectivity index (χ4n) is 2.49. The number of aromatic hydroxyl groups is 1. The molecule has 1 saturated carbocycles. The van der Waals surface area contributed by atoms with Crippen molar-refractivity contribution in [1.82, 2.24) is 4.98 Å². The van der Waals surface area contributed by atoms with Crippen molar-refractivity contribution in [3.05, 3.63) is 18.3 Å². The third kappa shape index (κ3) is 2.46. The molecule has 18 heavy (non-hydrogen) atoms. The molecule has 0 bridgehead atoms. The molecule has 1 aromatic heterocycles. The number of hydrogen-bond acceptors (Lipinski definition) is 4. The number of pyridine rings is 1. The molecule has 1 amide bonds. The number of anilines is 1. The third-order valence-corrected chi connectivity index (χ3v) is 3.70. The lowest BCUT2D eigenvalue weighted by Gasteiger charge is -2.34. The number of carbonyl (C=O) groups excluding carboxylic acids is 1. The Morgan fingerprint density at radius 3 is 2.78 bits per heavy atom. The van der Waals surface area contributed by atoms with Crippen molar-refractivity contribution < 1.29 is 9.90 Å². The van der Waals surface area contributed by atoms with Crippen LogP contribution in [0, 0.1) is 5.41 Å². The summed E-state index contributed by atoms with van der Waals surface area (Å²) in [6.07, 6.45) is 6.36. The Morgan fingerprint density at radius 1 is 1.44 bits per heavy atom. The molecule has 0 unspecified atom stereocenters. The summed E-state index contributed by atoms with van der Waals surface area (Å²) in [4.78, 5) is 16.3. The molecule has 5 nitrogen and oxygen atoms in total. The van der Waals surface area contributed by atoms with E-state index in [4.69, 9.17) is 5.73 Å². The minimum Gasteiger partial charge on any atom is -0.504 e. The van der Waals surface area contributed by atoms with Gasteiger partial charge in [0.05, 0.1) is 5.41 Å². The number of amides is 1. The van der Waals surface area contributed by atoms with E-state index >= 15 is 0 Å². The number of aromatic nitrogens is 1. The summed E-state index contributed by atoms with van der Waals surface area (Å²) < 4.78 is 0. The summed E-state index contributed by atoms with van der Waals surface area (Å²) in [5.74, 6) is 0.0634. The Balaban J connectivity index is 2.13. The van der Waals surface area contributed by atoms with Crippen LogP contribution < -0.4 is 11.1 Å². The maximum Gasteiger partial charge on any atom is 0.233 e. The van der Waals surface area contributed by atoms with Gasteiger partial charge < -0.3 is 16.2 Å². The molecule has 0 atom stereocenters. The smallest absolute Gasteiger partial charge is 0.233 e. The minimum absolute atomic E-state index is 0.0196. The van der Waals surface area contributed by atoms with E-state index in [9.17, 15) is 9.90 Å². The summed E-state index contributed by atoms with van der Waals surface area (Å²) in [5.41, 5.74) is 5.29. The number of nitrogens with two attached hydrogens (primary N) is 1. The second-order valence-corrected chi connectivity index (χ2v) is 4.87. The van der Waals surface area contributed by atoms with Crippen molar-refractivity contribution in [2.45, 2.75) is 32.1 Å². The van der Waals surface area contributed by atoms with Gasteiger partial charge in [0.25, 0.3) is 0 Å². The van der Waals surface area contributed by atoms with Gasteiger partial charge in [-0.3, -0.25) is 4.79 Å². The highest BCUT2D eigenvalue weighted by atomic mass is 16.3. The summed E-state index contributed by atoms with van der Waals surface area (Å²) in [5, 5.41) is 12.3. The third-order valence-electron chi connectivity index (χ3n) is 3.70. The van der Waals surface area contributed by atoms with E-state index < -0.39 is 5.41 Å². The van der Waals surface area contributed by atoms with E-state index in [0.29, 0.717) is 6.54 Å². The molecule has 0 spiro atoms. The molecule has 0 radical (unpaired) electrons. The van der Waals surface area contributed by atoms with Crippen molar-refractivity contribution in [3.63, 3.8) is 0 Å². The van der Waals surface area contributed by atoms with Crippen LogP contribution >= 0.6 is 0 Å². The maximum atomic E-state index is 12.3. The Hall–Kier alpha value is -1.62. The fourth-order valence-corrected chi connectivity index (χ4v) is 2.49. The van der Waals surface area contributed by atoms with E-state index in [1.54, 1.807) is 6.07 Å².